The van der Waals surface area contributed by atoms with Crippen molar-refractivity contribution in [1.29, 1.82) is 0 Å². The number of rotatable bonds is 7. The zero-order valence-electron chi connectivity index (χ0n) is 16.0. The molecule has 3 heterocycles. The number of amides is 1. The minimum absolute atomic E-state index is 0.136. The third-order valence-electron chi connectivity index (χ3n) is 5.23. The van der Waals surface area contributed by atoms with Gasteiger partial charge in [-0.25, -0.2) is 8.42 Å². The van der Waals surface area contributed by atoms with Crippen LogP contribution in [0.3, 0.4) is 0 Å². The fourth-order valence-electron chi connectivity index (χ4n) is 3.52. The van der Waals surface area contributed by atoms with Crippen molar-refractivity contribution in [3.05, 3.63) is 11.7 Å². The summed E-state index contributed by atoms with van der Waals surface area (Å²) in [5.74, 6) is 1.37. The van der Waals surface area contributed by atoms with E-state index in [-0.39, 0.29) is 11.7 Å². The molecule has 0 atom stereocenters. The number of piperidine rings is 1. The summed E-state index contributed by atoms with van der Waals surface area (Å²) < 4.78 is 30.6. The second-order valence-electron chi connectivity index (χ2n) is 7.12. The highest BCUT2D eigenvalue weighted by atomic mass is 32.2. The number of carbonyl (C=O) groups is 1. The smallest absolute Gasteiger partial charge is 0.227 e. The van der Waals surface area contributed by atoms with Gasteiger partial charge in [-0.1, -0.05) is 5.16 Å². The Morgan fingerprint density at radius 3 is 2.44 bits per heavy atom. The van der Waals surface area contributed by atoms with Crippen LogP contribution in [0.4, 0.5) is 0 Å². The molecule has 0 radical (unpaired) electrons. The normalized spacial score (nSPS) is 20.1. The molecule has 27 heavy (non-hydrogen) atoms. The van der Waals surface area contributed by atoms with E-state index in [1.807, 2.05) is 4.90 Å². The van der Waals surface area contributed by atoms with Gasteiger partial charge in [-0.05, 0) is 26.2 Å². The Morgan fingerprint density at radius 2 is 1.78 bits per heavy atom. The van der Waals surface area contributed by atoms with Crippen molar-refractivity contribution in [3.8, 4) is 0 Å². The zero-order valence-corrected chi connectivity index (χ0v) is 16.8. The maximum atomic E-state index is 12.2. The van der Waals surface area contributed by atoms with Gasteiger partial charge in [-0.3, -0.25) is 9.69 Å². The molecule has 152 valence electrons. The quantitative estimate of drug-likeness (QED) is 0.657. The van der Waals surface area contributed by atoms with Gasteiger partial charge in [-0.2, -0.15) is 9.29 Å². The van der Waals surface area contributed by atoms with Crippen LogP contribution in [0.5, 0.6) is 0 Å². The fraction of sp³-hybridized carbons (Fsp3) is 0.824. The topological polar surface area (TPSA) is 99.8 Å². The first-order valence-electron chi connectivity index (χ1n) is 9.77. The third-order valence-corrected chi connectivity index (χ3v) is 7.11. The van der Waals surface area contributed by atoms with Crippen LogP contribution >= 0.6 is 0 Å². The largest absolute Gasteiger partial charge is 0.343 e. The van der Waals surface area contributed by atoms with Crippen LogP contribution in [-0.2, 0) is 27.8 Å². The van der Waals surface area contributed by atoms with Gasteiger partial charge < -0.3 is 9.42 Å². The van der Waals surface area contributed by atoms with Crippen LogP contribution in [0.15, 0.2) is 4.52 Å². The van der Waals surface area contributed by atoms with Gasteiger partial charge in [-0.15, -0.1) is 0 Å². The molecule has 0 bridgehead atoms. The molecule has 0 aromatic carbocycles. The Labute approximate surface area is 160 Å². The van der Waals surface area contributed by atoms with E-state index in [2.05, 4.69) is 15.0 Å². The maximum absolute atomic E-state index is 12.2. The minimum atomic E-state index is -3.12. The van der Waals surface area contributed by atoms with Crippen LogP contribution in [0.2, 0.25) is 0 Å². The summed E-state index contributed by atoms with van der Waals surface area (Å²) in [6.07, 6.45) is 4.24. The number of piperazine rings is 1. The average Bonchev–Trinajstić information content (AvgIpc) is 3.14. The number of hydrogen-bond acceptors (Lipinski definition) is 7. The van der Waals surface area contributed by atoms with Crippen molar-refractivity contribution < 1.29 is 17.7 Å². The summed E-state index contributed by atoms with van der Waals surface area (Å²) in [7, 11) is -3.12. The Hall–Kier alpha value is -1.52. The molecule has 0 saturated carbocycles. The molecule has 0 aliphatic carbocycles. The molecule has 0 N–H and O–H groups in total. The van der Waals surface area contributed by atoms with E-state index in [1.165, 1.54) is 10.7 Å². The molecule has 9 nitrogen and oxygen atoms in total. The number of likely N-dealkylation sites (tertiary alicyclic amines) is 1. The lowest BCUT2D eigenvalue weighted by Gasteiger charge is -2.32. The van der Waals surface area contributed by atoms with Crippen LogP contribution in [0.25, 0.3) is 0 Å². The highest BCUT2D eigenvalue weighted by Crippen LogP contribution is 2.13. The molecule has 1 aromatic heterocycles. The minimum Gasteiger partial charge on any atom is -0.343 e. The number of hydrogen-bond donors (Lipinski definition) is 0. The summed E-state index contributed by atoms with van der Waals surface area (Å²) >= 11 is 0. The van der Waals surface area contributed by atoms with Crippen LogP contribution in [0, 0.1) is 0 Å². The summed E-state index contributed by atoms with van der Waals surface area (Å²) in [6, 6.07) is 0. The van der Waals surface area contributed by atoms with Crippen LogP contribution < -0.4 is 0 Å². The van der Waals surface area contributed by atoms with Gasteiger partial charge in [0.2, 0.25) is 21.8 Å². The van der Waals surface area contributed by atoms with E-state index < -0.39 is 10.0 Å². The Kier molecular flexibility index (Phi) is 6.83. The predicted octanol–water partition coefficient (Wildman–Crippen LogP) is 0.482. The van der Waals surface area contributed by atoms with Crippen molar-refractivity contribution in [2.24, 2.45) is 0 Å². The summed E-state index contributed by atoms with van der Waals surface area (Å²) in [5.41, 5.74) is 0. The van der Waals surface area contributed by atoms with Crippen molar-refractivity contribution >= 4 is 15.9 Å². The molecule has 2 aliphatic heterocycles. The lowest BCUT2D eigenvalue weighted by molar-refractivity contribution is -0.132. The molecule has 10 heteroatoms. The van der Waals surface area contributed by atoms with E-state index in [0.717, 1.165) is 25.9 Å². The van der Waals surface area contributed by atoms with Gasteiger partial charge >= 0.3 is 0 Å². The molecule has 3 rings (SSSR count). The lowest BCUT2D eigenvalue weighted by atomic mass is 10.1. The van der Waals surface area contributed by atoms with Crippen molar-refractivity contribution in [3.63, 3.8) is 0 Å². The zero-order chi connectivity index (χ0) is 19.3. The second kappa shape index (κ2) is 9.11. The standard InChI is InChI=1S/C17H29N5O4S/c1-2-27(24,25)22-12-10-20(11-13-22)14-15-18-16(26-19-15)6-7-17(23)21-8-4-3-5-9-21/h2-14H2,1H3. The predicted molar refractivity (Wildman–Crippen MR) is 99.4 cm³/mol. The monoisotopic (exact) mass is 399 g/mol. The molecular weight excluding hydrogens is 370 g/mol. The number of aryl methyl sites for hydroxylation is 1. The molecule has 2 aliphatic rings. The maximum Gasteiger partial charge on any atom is 0.227 e. The third kappa shape index (κ3) is 5.49. The Morgan fingerprint density at radius 1 is 1.07 bits per heavy atom. The number of aromatic nitrogens is 2. The number of nitrogens with zero attached hydrogens (tertiary/aromatic N) is 5. The number of carbonyl (C=O) groups excluding carboxylic acids is 1. The summed E-state index contributed by atoms with van der Waals surface area (Å²) in [6.45, 7) is 6.19. The highest BCUT2D eigenvalue weighted by Gasteiger charge is 2.26. The van der Waals surface area contributed by atoms with Crippen LogP contribution in [-0.4, -0.2) is 83.6 Å². The number of sulfonamides is 1. The molecular formula is C17H29N5O4S. The van der Waals surface area contributed by atoms with Gasteiger partial charge in [0, 0.05) is 52.1 Å². The van der Waals surface area contributed by atoms with Gasteiger partial charge in [0.1, 0.15) is 0 Å². The molecule has 2 saturated heterocycles. The molecule has 2 fully saturated rings. The molecule has 0 unspecified atom stereocenters. The first kappa shape index (κ1) is 20.2. The first-order valence-corrected chi connectivity index (χ1v) is 11.4. The van der Waals surface area contributed by atoms with Gasteiger partial charge in [0.25, 0.3) is 0 Å². The molecule has 1 aromatic rings. The van der Waals surface area contributed by atoms with Crippen LogP contribution in [0.1, 0.15) is 44.3 Å². The second-order valence-corrected chi connectivity index (χ2v) is 9.38. The Balaban J connectivity index is 1.42. The summed E-state index contributed by atoms with van der Waals surface area (Å²) in [5, 5.41) is 4.00. The highest BCUT2D eigenvalue weighted by molar-refractivity contribution is 7.89. The van der Waals surface area contributed by atoms with Crippen molar-refractivity contribution in [1.82, 2.24) is 24.2 Å². The first-order chi connectivity index (χ1) is 13.0. The SMILES string of the molecule is CCS(=O)(=O)N1CCN(Cc2noc(CCC(=O)N3CCCCC3)n2)CC1. The molecule has 1 amide bonds. The van der Waals surface area contributed by atoms with E-state index in [1.54, 1.807) is 6.92 Å². The van der Waals surface area contributed by atoms with E-state index in [9.17, 15) is 13.2 Å². The van der Waals surface area contributed by atoms with Crippen molar-refractivity contribution in [2.75, 3.05) is 45.0 Å². The van der Waals surface area contributed by atoms with Gasteiger partial charge in [0.15, 0.2) is 5.82 Å². The lowest BCUT2D eigenvalue weighted by Crippen LogP contribution is -2.48. The summed E-state index contributed by atoms with van der Waals surface area (Å²) in [4.78, 5) is 20.6. The van der Waals surface area contributed by atoms with E-state index in [0.29, 0.717) is 57.3 Å². The van der Waals surface area contributed by atoms with E-state index in [4.69, 9.17) is 4.52 Å². The molecule has 0 spiro atoms. The van der Waals surface area contributed by atoms with Gasteiger partial charge in [0.05, 0.1) is 12.3 Å². The van der Waals surface area contributed by atoms with E-state index >= 15 is 0 Å². The Bertz CT molecular complexity index is 721. The fourth-order valence-corrected chi connectivity index (χ4v) is 4.60. The van der Waals surface area contributed by atoms with Crippen molar-refractivity contribution in [2.45, 2.75) is 45.6 Å². The average molecular weight is 400 g/mol.